The molecule has 0 bridgehead atoms. The van der Waals surface area contributed by atoms with Gasteiger partial charge in [-0.05, 0) is 38.3 Å². The first-order chi connectivity index (χ1) is 9.81. The third-order valence-corrected chi connectivity index (χ3v) is 5.05. The summed E-state index contributed by atoms with van der Waals surface area (Å²) in [5.41, 5.74) is 0.854. The molecule has 0 radical (unpaired) electrons. The molecule has 7 nitrogen and oxygen atoms in total. The summed E-state index contributed by atoms with van der Waals surface area (Å²) in [7, 11) is -3.78. The zero-order chi connectivity index (χ0) is 15.6. The van der Waals surface area contributed by atoms with Gasteiger partial charge < -0.3 is 4.74 Å². The molecule has 1 aromatic rings. The minimum absolute atomic E-state index is 0.0877. The Kier molecular flexibility index (Phi) is 4.60. The zero-order valence-corrected chi connectivity index (χ0v) is 12.8. The first kappa shape index (κ1) is 15.9. The number of sulfonamides is 1. The Hall–Kier alpha value is -1.51. The molecule has 1 aliphatic heterocycles. The maximum atomic E-state index is 12.2. The Labute approximate surface area is 123 Å². The molecule has 21 heavy (non-hydrogen) atoms. The normalized spacial score (nSPS) is 18.9. The number of nitrogens with zero attached hydrogens (tertiary/aromatic N) is 1. The average Bonchev–Trinajstić information content (AvgIpc) is 2.92. The van der Waals surface area contributed by atoms with E-state index in [0.29, 0.717) is 17.7 Å². The summed E-state index contributed by atoms with van der Waals surface area (Å²) in [5, 5.41) is 11.0. The Morgan fingerprint density at radius 2 is 2.14 bits per heavy atom. The van der Waals surface area contributed by atoms with Crippen LogP contribution < -0.4 is 4.72 Å². The van der Waals surface area contributed by atoms with Crippen molar-refractivity contribution in [3.05, 3.63) is 33.4 Å². The van der Waals surface area contributed by atoms with Gasteiger partial charge in [0.25, 0.3) is 5.69 Å². The van der Waals surface area contributed by atoms with Crippen LogP contribution in [-0.2, 0) is 14.8 Å². The van der Waals surface area contributed by atoms with Crippen LogP contribution in [-0.4, -0.2) is 32.6 Å². The average molecular weight is 314 g/mol. The van der Waals surface area contributed by atoms with E-state index in [1.807, 2.05) is 0 Å². The number of nitro groups is 1. The summed E-state index contributed by atoms with van der Waals surface area (Å²) in [6.07, 6.45) is 1.61. The molecule has 1 aliphatic rings. The standard InChI is InChI=1S/C13H18N2O5S/c1-9-6-12(7-13(10(9)2)15(16)17)21(18,19)14-8-11-4-3-5-20-11/h6-7,11,14H,3-5,8H2,1-2H3. The largest absolute Gasteiger partial charge is 0.377 e. The first-order valence-corrected chi connectivity index (χ1v) is 8.16. The summed E-state index contributed by atoms with van der Waals surface area (Å²) in [5.74, 6) is 0. The predicted octanol–water partition coefficient (Wildman–Crippen LogP) is 1.67. The van der Waals surface area contributed by atoms with Crippen molar-refractivity contribution < 1.29 is 18.1 Å². The van der Waals surface area contributed by atoms with Crippen molar-refractivity contribution in [3.8, 4) is 0 Å². The second kappa shape index (κ2) is 6.08. The van der Waals surface area contributed by atoms with E-state index in [4.69, 9.17) is 4.74 Å². The second-order valence-corrected chi connectivity index (χ2v) is 6.90. The number of rotatable bonds is 5. The summed E-state index contributed by atoms with van der Waals surface area (Å²) >= 11 is 0. The number of hydrogen-bond acceptors (Lipinski definition) is 5. The lowest BCUT2D eigenvalue weighted by Gasteiger charge is -2.12. The van der Waals surface area contributed by atoms with Crippen LogP contribution in [0.15, 0.2) is 17.0 Å². The third kappa shape index (κ3) is 3.58. The number of ether oxygens (including phenoxy) is 1. The van der Waals surface area contributed by atoms with Crippen LogP contribution in [0.3, 0.4) is 0 Å². The van der Waals surface area contributed by atoms with Crippen LogP contribution in [0.25, 0.3) is 0 Å². The van der Waals surface area contributed by atoms with Gasteiger partial charge >= 0.3 is 0 Å². The van der Waals surface area contributed by atoms with E-state index >= 15 is 0 Å². The van der Waals surface area contributed by atoms with E-state index < -0.39 is 14.9 Å². The van der Waals surface area contributed by atoms with Gasteiger partial charge in [-0.15, -0.1) is 0 Å². The molecule has 1 saturated heterocycles. The van der Waals surface area contributed by atoms with Crippen LogP contribution >= 0.6 is 0 Å². The SMILES string of the molecule is Cc1cc(S(=O)(=O)NCC2CCCO2)cc([N+](=O)[O-])c1C. The highest BCUT2D eigenvalue weighted by Crippen LogP contribution is 2.25. The van der Waals surface area contributed by atoms with E-state index in [-0.39, 0.29) is 23.2 Å². The van der Waals surface area contributed by atoms with Crippen LogP contribution in [0.5, 0.6) is 0 Å². The third-order valence-electron chi connectivity index (χ3n) is 3.65. The van der Waals surface area contributed by atoms with Gasteiger partial charge in [-0.2, -0.15) is 0 Å². The first-order valence-electron chi connectivity index (χ1n) is 6.68. The maximum Gasteiger partial charge on any atom is 0.273 e. The topological polar surface area (TPSA) is 98.5 Å². The minimum Gasteiger partial charge on any atom is -0.377 e. The highest BCUT2D eigenvalue weighted by molar-refractivity contribution is 7.89. The highest BCUT2D eigenvalue weighted by Gasteiger charge is 2.23. The fourth-order valence-corrected chi connectivity index (χ4v) is 3.42. The number of nitrogens with one attached hydrogen (secondary N) is 1. The molecule has 1 aromatic carbocycles. The van der Waals surface area contributed by atoms with Crippen molar-refractivity contribution in [1.82, 2.24) is 4.72 Å². The van der Waals surface area contributed by atoms with Crippen LogP contribution in [0.2, 0.25) is 0 Å². The van der Waals surface area contributed by atoms with Gasteiger partial charge in [-0.25, -0.2) is 13.1 Å². The monoisotopic (exact) mass is 314 g/mol. The molecule has 0 aliphatic carbocycles. The Morgan fingerprint density at radius 1 is 1.43 bits per heavy atom. The Balaban J connectivity index is 2.24. The van der Waals surface area contributed by atoms with Gasteiger partial charge in [0.15, 0.2) is 0 Å². The quantitative estimate of drug-likeness (QED) is 0.658. The summed E-state index contributed by atoms with van der Waals surface area (Å²) < 4.78 is 32.3. The van der Waals surface area contributed by atoms with Crippen molar-refractivity contribution in [1.29, 1.82) is 0 Å². The highest BCUT2D eigenvalue weighted by atomic mass is 32.2. The van der Waals surface area contributed by atoms with Crippen molar-refractivity contribution in [2.75, 3.05) is 13.2 Å². The number of nitro benzene ring substituents is 1. The van der Waals surface area contributed by atoms with E-state index in [9.17, 15) is 18.5 Å². The van der Waals surface area contributed by atoms with Crippen molar-refractivity contribution in [2.45, 2.75) is 37.7 Å². The molecule has 0 aromatic heterocycles. The minimum atomic E-state index is -3.78. The van der Waals surface area contributed by atoms with Gasteiger partial charge in [0.05, 0.1) is 15.9 Å². The van der Waals surface area contributed by atoms with Crippen LogP contribution in [0.4, 0.5) is 5.69 Å². The molecule has 0 amide bonds. The summed E-state index contributed by atoms with van der Waals surface area (Å²) in [4.78, 5) is 10.3. The fraction of sp³-hybridized carbons (Fsp3) is 0.538. The molecule has 1 heterocycles. The molecule has 0 saturated carbocycles. The van der Waals surface area contributed by atoms with Crippen LogP contribution in [0.1, 0.15) is 24.0 Å². The van der Waals surface area contributed by atoms with Gasteiger partial charge in [-0.1, -0.05) is 0 Å². The van der Waals surface area contributed by atoms with Gasteiger partial charge in [0, 0.05) is 24.8 Å². The number of benzene rings is 1. The molecule has 1 fully saturated rings. The van der Waals surface area contributed by atoms with Gasteiger partial charge in [0.2, 0.25) is 10.0 Å². The van der Waals surface area contributed by atoms with E-state index in [1.54, 1.807) is 13.8 Å². The lowest BCUT2D eigenvalue weighted by atomic mass is 10.1. The number of aryl methyl sites for hydroxylation is 1. The predicted molar refractivity (Wildman–Crippen MR) is 76.7 cm³/mol. The molecule has 1 N–H and O–H groups in total. The fourth-order valence-electron chi connectivity index (χ4n) is 2.24. The van der Waals surface area contributed by atoms with Crippen molar-refractivity contribution >= 4 is 15.7 Å². The maximum absolute atomic E-state index is 12.2. The molecule has 8 heteroatoms. The molecule has 1 atom stereocenters. The second-order valence-electron chi connectivity index (χ2n) is 5.13. The summed E-state index contributed by atoms with van der Waals surface area (Å²) in [6, 6.07) is 2.54. The van der Waals surface area contributed by atoms with Crippen LogP contribution in [0, 0.1) is 24.0 Å². The van der Waals surface area contributed by atoms with E-state index in [2.05, 4.69) is 4.72 Å². The van der Waals surface area contributed by atoms with Crippen molar-refractivity contribution in [3.63, 3.8) is 0 Å². The molecular weight excluding hydrogens is 296 g/mol. The van der Waals surface area contributed by atoms with Gasteiger partial charge in [0.1, 0.15) is 0 Å². The molecule has 116 valence electrons. The molecular formula is C13H18N2O5S. The molecule has 1 unspecified atom stereocenters. The van der Waals surface area contributed by atoms with E-state index in [0.717, 1.165) is 18.9 Å². The lowest BCUT2D eigenvalue weighted by molar-refractivity contribution is -0.385. The Bertz CT molecular complexity index is 651. The van der Waals surface area contributed by atoms with Crippen molar-refractivity contribution in [2.24, 2.45) is 0 Å². The molecule has 0 spiro atoms. The zero-order valence-electron chi connectivity index (χ0n) is 12.0. The smallest absolute Gasteiger partial charge is 0.273 e. The van der Waals surface area contributed by atoms with Gasteiger partial charge in [-0.3, -0.25) is 10.1 Å². The lowest BCUT2D eigenvalue weighted by Crippen LogP contribution is -2.31. The Morgan fingerprint density at radius 3 is 2.71 bits per heavy atom. The summed E-state index contributed by atoms with van der Waals surface area (Å²) in [6.45, 7) is 4.08. The van der Waals surface area contributed by atoms with E-state index in [1.165, 1.54) is 6.07 Å². The number of hydrogen-bond donors (Lipinski definition) is 1. The molecule has 2 rings (SSSR count).